The predicted molar refractivity (Wildman–Crippen MR) is 71.0 cm³/mol. The number of nitrogens with zero attached hydrogens (tertiary/aromatic N) is 2. The summed E-state index contributed by atoms with van der Waals surface area (Å²) < 4.78 is 0. The van der Waals surface area contributed by atoms with Gasteiger partial charge in [-0.05, 0) is 13.8 Å². The van der Waals surface area contributed by atoms with Crippen molar-refractivity contribution < 1.29 is 19.8 Å². The minimum atomic E-state index is -1.82. The van der Waals surface area contributed by atoms with Gasteiger partial charge in [0.05, 0.1) is 5.69 Å². The Kier molecular flexibility index (Phi) is 5.66. The minimum Gasteiger partial charge on any atom is -0.473 e. The lowest BCUT2D eigenvalue weighted by molar-refractivity contribution is -0.159. The molecule has 8 heteroatoms. The van der Waals surface area contributed by atoms with E-state index in [-0.39, 0.29) is 0 Å². The lowest BCUT2D eigenvalue weighted by Gasteiger charge is -2.30. The van der Waals surface area contributed by atoms with Crippen molar-refractivity contribution in [2.75, 3.05) is 6.54 Å². The Morgan fingerprint density at radius 1 is 1.40 bits per heavy atom. The van der Waals surface area contributed by atoms with Crippen molar-refractivity contribution in [3.05, 3.63) is 17.0 Å². The van der Waals surface area contributed by atoms with Crippen LogP contribution in [0.1, 0.15) is 30.8 Å². The zero-order chi connectivity index (χ0) is 15.3. The van der Waals surface area contributed by atoms with Crippen molar-refractivity contribution in [2.24, 2.45) is 5.73 Å². The highest BCUT2D eigenvalue weighted by molar-refractivity contribution is 6.27. The summed E-state index contributed by atoms with van der Waals surface area (Å²) in [6, 6.07) is 0.601. The molecule has 2 rings (SSSR count). The van der Waals surface area contributed by atoms with E-state index in [1.54, 1.807) is 0 Å². The average Bonchev–Trinajstić information content (AvgIpc) is 2.81. The van der Waals surface area contributed by atoms with Crippen molar-refractivity contribution in [2.45, 2.75) is 39.4 Å². The van der Waals surface area contributed by atoms with Crippen LogP contribution < -0.4 is 5.73 Å². The van der Waals surface area contributed by atoms with Gasteiger partial charge in [0, 0.05) is 43.4 Å². The van der Waals surface area contributed by atoms with E-state index < -0.39 is 11.9 Å². The van der Waals surface area contributed by atoms with Crippen LogP contribution in [0.5, 0.6) is 0 Å². The standard InChI is InChI=1S/C10H18N4.C2H2O4/c1-7(2)14-4-3-9-8(6-14)10(5-11)13-12-9;3-1(4)2(5)6/h7H,3-6,11H2,1-2H3,(H,12,13);(H,3,4)(H,5,6). The van der Waals surface area contributed by atoms with Gasteiger partial charge < -0.3 is 15.9 Å². The van der Waals surface area contributed by atoms with Crippen LogP contribution in [0.2, 0.25) is 0 Å². The first kappa shape index (κ1) is 16.1. The molecule has 112 valence electrons. The van der Waals surface area contributed by atoms with Gasteiger partial charge in [0.15, 0.2) is 0 Å². The molecule has 2 heterocycles. The van der Waals surface area contributed by atoms with E-state index in [2.05, 4.69) is 28.9 Å². The number of carboxylic acids is 2. The summed E-state index contributed by atoms with van der Waals surface area (Å²) in [5, 5.41) is 22.1. The lowest BCUT2D eigenvalue weighted by atomic mass is 10.0. The van der Waals surface area contributed by atoms with Crippen LogP contribution >= 0.6 is 0 Å². The lowest BCUT2D eigenvalue weighted by Crippen LogP contribution is -2.36. The second kappa shape index (κ2) is 7.01. The minimum absolute atomic E-state index is 0.539. The molecule has 0 spiro atoms. The Balaban J connectivity index is 0.000000286. The molecule has 0 aromatic carbocycles. The van der Waals surface area contributed by atoms with Gasteiger partial charge >= 0.3 is 11.9 Å². The van der Waals surface area contributed by atoms with Gasteiger partial charge in [-0.3, -0.25) is 10.00 Å². The zero-order valence-corrected chi connectivity index (χ0v) is 11.6. The summed E-state index contributed by atoms with van der Waals surface area (Å²) in [5.41, 5.74) is 9.28. The summed E-state index contributed by atoms with van der Waals surface area (Å²) in [7, 11) is 0. The molecule has 0 fully saturated rings. The van der Waals surface area contributed by atoms with E-state index >= 15 is 0 Å². The molecule has 8 nitrogen and oxygen atoms in total. The number of aromatic amines is 1. The maximum absolute atomic E-state index is 9.10. The molecule has 0 unspecified atom stereocenters. The Morgan fingerprint density at radius 2 is 2.00 bits per heavy atom. The van der Waals surface area contributed by atoms with Crippen LogP contribution in [0.4, 0.5) is 0 Å². The fourth-order valence-corrected chi connectivity index (χ4v) is 1.98. The normalized spacial score (nSPS) is 14.4. The molecule has 0 saturated carbocycles. The fourth-order valence-electron chi connectivity index (χ4n) is 1.98. The Hall–Kier alpha value is -1.93. The number of fused-ring (bicyclic) bond motifs is 1. The van der Waals surface area contributed by atoms with Crippen molar-refractivity contribution in [1.29, 1.82) is 0 Å². The SMILES string of the molecule is CC(C)N1CCc2[nH]nc(CN)c2C1.O=C(O)C(=O)O. The molecule has 0 radical (unpaired) electrons. The van der Waals surface area contributed by atoms with Crippen LogP contribution in [0.25, 0.3) is 0 Å². The number of hydrogen-bond donors (Lipinski definition) is 4. The Morgan fingerprint density at radius 3 is 2.45 bits per heavy atom. The average molecular weight is 284 g/mol. The molecule has 1 aliphatic heterocycles. The zero-order valence-electron chi connectivity index (χ0n) is 11.6. The van der Waals surface area contributed by atoms with Crippen molar-refractivity contribution >= 4 is 11.9 Å². The molecule has 0 amide bonds. The highest BCUT2D eigenvalue weighted by atomic mass is 16.4. The fraction of sp³-hybridized carbons (Fsp3) is 0.583. The van der Waals surface area contributed by atoms with Crippen LogP contribution in [-0.2, 0) is 29.1 Å². The second-order valence-electron chi connectivity index (χ2n) is 4.76. The summed E-state index contributed by atoms with van der Waals surface area (Å²) in [4.78, 5) is 20.7. The predicted octanol–water partition coefficient (Wildman–Crippen LogP) is -0.209. The molecule has 1 aromatic heterocycles. The third-order valence-electron chi connectivity index (χ3n) is 3.16. The largest absolute Gasteiger partial charge is 0.473 e. The van der Waals surface area contributed by atoms with Crippen LogP contribution in [0, 0.1) is 0 Å². The molecule has 0 aliphatic carbocycles. The monoisotopic (exact) mass is 284 g/mol. The Bertz CT molecular complexity index is 458. The number of aromatic nitrogens is 2. The molecule has 1 aliphatic rings. The number of H-pyrrole nitrogens is 1. The number of rotatable bonds is 2. The smallest absolute Gasteiger partial charge is 0.414 e. The number of hydrogen-bond acceptors (Lipinski definition) is 5. The maximum atomic E-state index is 9.10. The molecule has 0 bridgehead atoms. The van der Waals surface area contributed by atoms with Gasteiger partial charge in [0.25, 0.3) is 0 Å². The van der Waals surface area contributed by atoms with E-state index in [0.29, 0.717) is 12.6 Å². The Labute approximate surface area is 116 Å². The first-order valence-corrected chi connectivity index (χ1v) is 6.32. The first-order valence-electron chi connectivity index (χ1n) is 6.32. The molecule has 1 aromatic rings. The van der Waals surface area contributed by atoms with Crippen molar-refractivity contribution in [1.82, 2.24) is 15.1 Å². The van der Waals surface area contributed by atoms with E-state index in [0.717, 1.165) is 25.2 Å². The number of carbonyl (C=O) groups is 2. The van der Waals surface area contributed by atoms with Gasteiger partial charge in [-0.2, -0.15) is 5.10 Å². The first-order chi connectivity index (χ1) is 9.36. The van der Waals surface area contributed by atoms with E-state index in [1.807, 2.05) is 0 Å². The summed E-state index contributed by atoms with van der Waals surface area (Å²) in [6.07, 6.45) is 1.07. The second-order valence-corrected chi connectivity index (χ2v) is 4.76. The van der Waals surface area contributed by atoms with Gasteiger partial charge in [-0.1, -0.05) is 0 Å². The quantitative estimate of drug-likeness (QED) is 0.552. The number of nitrogens with two attached hydrogens (primary N) is 1. The molecule has 20 heavy (non-hydrogen) atoms. The molecular weight excluding hydrogens is 264 g/mol. The molecule has 5 N–H and O–H groups in total. The highest BCUT2D eigenvalue weighted by Crippen LogP contribution is 2.21. The van der Waals surface area contributed by atoms with Gasteiger partial charge in [0.1, 0.15) is 0 Å². The summed E-state index contributed by atoms with van der Waals surface area (Å²) >= 11 is 0. The molecular formula is C12H20N4O4. The molecule has 0 atom stereocenters. The van der Waals surface area contributed by atoms with Crippen molar-refractivity contribution in [3.8, 4) is 0 Å². The third-order valence-corrected chi connectivity index (χ3v) is 3.16. The van der Waals surface area contributed by atoms with Crippen LogP contribution in [0.3, 0.4) is 0 Å². The highest BCUT2D eigenvalue weighted by Gasteiger charge is 2.22. The van der Waals surface area contributed by atoms with Crippen LogP contribution in [-0.4, -0.2) is 49.8 Å². The van der Waals surface area contributed by atoms with E-state index in [1.165, 1.54) is 11.3 Å². The van der Waals surface area contributed by atoms with Crippen molar-refractivity contribution in [3.63, 3.8) is 0 Å². The number of aliphatic carboxylic acids is 2. The van der Waals surface area contributed by atoms with Gasteiger partial charge in [-0.25, -0.2) is 9.59 Å². The summed E-state index contributed by atoms with van der Waals surface area (Å²) in [5.74, 6) is -3.65. The maximum Gasteiger partial charge on any atom is 0.414 e. The van der Waals surface area contributed by atoms with Crippen LogP contribution in [0.15, 0.2) is 0 Å². The number of carboxylic acid groups (broad SMARTS) is 2. The summed E-state index contributed by atoms with van der Waals surface area (Å²) in [6.45, 7) is 7.12. The molecule has 0 saturated heterocycles. The van der Waals surface area contributed by atoms with E-state index in [9.17, 15) is 0 Å². The van der Waals surface area contributed by atoms with Gasteiger partial charge in [-0.15, -0.1) is 0 Å². The topological polar surface area (TPSA) is 133 Å². The van der Waals surface area contributed by atoms with Gasteiger partial charge in [0.2, 0.25) is 0 Å². The third kappa shape index (κ3) is 4.04. The number of nitrogens with one attached hydrogen (secondary N) is 1. The van der Waals surface area contributed by atoms with E-state index in [4.69, 9.17) is 25.5 Å².